The zero-order chi connectivity index (χ0) is 38.9. The fourth-order valence-corrected chi connectivity index (χ4v) is 9.73. The highest BCUT2D eigenvalue weighted by Crippen LogP contribution is 2.66. The highest BCUT2D eigenvalue weighted by Gasteiger charge is 2.52. The molecule has 9 aromatic rings. The normalized spacial score (nSPS) is 13.2. The van der Waals surface area contributed by atoms with Gasteiger partial charge in [0.1, 0.15) is 0 Å². The lowest BCUT2D eigenvalue weighted by molar-refractivity contribution is 0.361. The van der Waals surface area contributed by atoms with Gasteiger partial charge in [-0.3, -0.25) is 0 Å². The van der Waals surface area contributed by atoms with E-state index in [1.165, 1.54) is 38.9 Å². The van der Waals surface area contributed by atoms with Crippen LogP contribution in [0.25, 0.3) is 22.3 Å². The van der Waals surface area contributed by atoms with Crippen LogP contribution in [-0.2, 0) is 5.41 Å². The second-order valence-electron chi connectivity index (χ2n) is 15.2. The lowest BCUT2D eigenvalue weighted by atomic mass is 9.70. The van der Waals surface area contributed by atoms with Crippen LogP contribution in [0.1, 0.15) is 22.3 Å². The van der Waals surface area contributed by atoms with Gasteiger partial charge < -0.3 is 19.3 Å². The van der Waals surface area contributed by atoms with E-state index in [1.807, 2.05) is 24.3 Å². The molecule has 0 saturated carbocycles. The molecule has 1 heterocycles. The zero-order valence-corrected chi connectivity index (χ0v) is 32.0. The Hall–Kier alpha value is -7.82. The van der Waals surface area contributed by atoms with Gasteiger partial charge in [-0.15, -0.1) is 0 Å². The average Bonchev–Trinajstić information content (AvgIpc) is 3.77. The summed E-state index contributed by atoms with van der Waals surface area (Å²) in [5.74, 6) is 2.62. The largest absolute Gasteiger partial charge is 0.447 e. The molecule has 4 nitrogen and oxygen atoms in total. The minimum atomic E-state index is -0.514. The van der Waals surface area contributed by atoms with Gasteiger partial charge in [-0.05, 0) is 117 Å². The predicted octanol–water partition coefficient (Wildman–Crippen LogP) is 14.9. The van der Waals surface area contributed by atoms with E-state index in [9.17, 15) is 0 Å². The summed E-state index contributed by atoms with van der Waals surface area (Å²) in [4.78, 5) is 4.50. The van der Waals surface area contributed by atoms with Crippen LogP contribution in [0.3, 0.4) is 0 Å². The van der Waals surface area contributed by atoms with Gasteiger partial charge in [0.15, 0.2) is 23.0 Å². The van der Waals surface area contributed by atoms with Crippen molar-refractivity contribution in [1.29, 1.82) is 0 Å². The van der Waals surface area contributed by atoms with Crippen molar-refractivity contribution in [3.63, 3.8) is 0 Å². The van der Waals surface area contributed by atoms with Crippen molar-refractivity contribution in [3.8, 4) is 45.3 Å². The Morgan fingerprint density at radius 2 is 0.610 bits per heavy atom. The molecule has 0 radical (unpaired) electrons. The maximum atomic E-state index is 7.40. The van der Waals surface area contributed by atoms with E-state index in [1.54, 1.807) is 0 Å². The number of para-hydroxylation sites is 4. The van der Waals surface area contributed by atoms with E-state index in [4.69, 9.17) is 9.47 Å². The Morgan fingerprint density at radius 1 is 0.288 bits per heavy atom. The van der Waals surface area contributed by atoms with Crippen molar-refractivity contribution in [2.45, 2.75) is 5.41 Å². The number of hydrogen-bond acceptors (Lipinski definition) is 4. The van der Waals surface area contributed by atoms with Gasteiger partial charge in [0.05, 0.1) is 16.8 Å². The molecular weight excluding hydrogens is 721 g/mol. The highest BCUT2D eigenvalue weighted by atomic mass is 16.6. The molecule has 0 saturated heterocycles. The van der Waals surface area contributed by atoms with Crippen LogP contribution in [-0.4, -0.2) is 0 Å². The van der Waals surface area contributed by atoms with Crippen LogP contribution in [0.15, 0.2) is 218 Å². The van der Waals surface area contributed by atoms with E-state index in [0.29, 0.717) is 23.0 Å². The molecule has 1 spiro atoms. The minimum absolute atomic E-state index is 0.514. The molecule has 0 unspecified atom stereocenters. The second-order valence-corrected chi connectivity index (χ2v) is 15.2. The minimum Gasteiger partial charge on any atom is -0.447 e. The molecule has 0 bridgehead atoms. The predicted molar refractivity (Wildman–Crippen MR) is 239 cm³/mol. The summed E-state index contributed by atoms with van der Waals surface area (Å²) in [6.07, 6.45) is 0. The van der Waals surface area contributed by atoms with Crippen LogP contribution in [0, 0.1) is 0 Å². The topological polar surface area (TPSA) is 24.9 Å². The molecule has 2 aliphatic carbocycles. The standard InChI is InChI=1S/C55H36N2O2/c1-5-19-37(20-6-1)56(38-21-7-2-8-22-38)49-33-34-50(57(39-23-9-3-10-24-39)40-25-11-4-12-26-40)54-53(49)58-51-35-44-43-29-15-18-32-47(43)55(48(44)36-52(51)59-54)45-30-16-13-27-41(45)42-28-14-17-31-46(42)55/h1-36H. The molecule has 0 amide bonds. The maximum absolute atomic E-state index is 7.40. The molecule has 0 aromatic heterocycles. The van der Waals surface area contributed by atoms with E-state index in [0.717, 1.165) is 39.7 Å². The number of rotatable bonds is 6. The first kappa shape index (κ1) is 33.3. The molecular formula is C55H36N2O2. The Kier molecular flexibility index (Phi) is 7.41. The fraction of sp³-hybridized carbons (Fsp3) is 0.0182. The van der Waals surface area contributed by atoms with Crippen LogP contribution < -0.4 is 19.3 Å². The summed E-state index contributed by atoms with van der Waals surface area (Å²) in [6.45, 7) is 0. The van der Waals surface area contributed by atoms with Crippen LogP contribution >= 0.6 is 0 Å². The number of ether oxygens (including phenoxy) is 2. The molecule has 4 heteroatoms. The third-order valence-electron chi connectivity index (χ3n) is 12.1. The molecule has 9 aromatic carbocycles. The molecule has 0 atom stereocenters. The zero-order valence-electron chi connectivity index (χ0n) is 32.0. The van der Waals surface area contributed by atoms with Crippen molar-refractivity contribution >= 4 is 34.1 Å². The lowest BCUT2D eigenvalue weighted by Gasteiger charge is -2.35. The van der Waals surface area contributed by atoms with E-state index >= 15 is 0 Å². The average molecular weight is 757 g/mol. The van der Waals surface area contributed by atoms with Crippen molar-refractivity contribution in [2.24, 2.45) is 0 Å². The van der Waals surface area contributed by atoms with Gasteiger partial charge in [0.2, 0.25) is 0 Å². The third-order valence-corrected chi connectivity index (χ3v) is 12.1. The van der Waals surface area contributed by atoms with Crippen LogP contribution in [0.4, 0.5) is 34.1 Å². The molecule has 0 N–H and O–H groups in total. The number of hydrogen-bond donors (Lipinski definition) is 0. The first-order chi connectivity index (χ1) is 29.3. The molecule has 3 aliphatic rings. The number of anilines is 6. The fourth-order valence-electron chi connectivity index (χ4n) is 9.73. The van der Waals surface area contributed by atoms with Gasteiger partial charge >= 0.3 is 0 Å². The summed E-state index contributed by atoms with van der Waals surface area (Å²) in [7, 11) is 0. The number of fused-ring (bicyclic) bond motifs is 12. The van der Waals surface area contributed by atoms with Gasteiger partial charge in [0.25, 0.3) is 0 Å². The summed E-state index contributed by atoms with van der Waals surface area (Å²) < 4.78 is 14.7. The Balaban J connectivity index is 1.12. The maximum Gasteiger partial charge on any atom is 0.196 e. The molecule has 278 valence electrons. The Bertz CT molecular complexity index is 2930. The third kappa shape index (κ3) is 4.90. The molecule has 0 fully saturated rings. The first-order valence-corrected chi connectivity index (χ1v) is 20.1. The molecule has 1 aliphatic heterocycles. The monoisotopic (exact) mass is 756 g/mol. The molecule has 12 rings (SSSR count). The Morgan fingerprint density at radius 3 is 1.00 bits per heavy atom. The van der Waals surface area contributed by atoms with Gasteiger partial charge in [-0.2, -0.15) is 0 Å². The van der Waals surface area contributed by atoms with Crippen LogP contribution in [0.2, 0.25) is 0 Å². The molecule has 59 heavy (non-hydrogen) atoms. The van der Waals surface area contributed by atoms with Crippen molar-refractivity contribution in [3.05, 3.63) is 241 Å². The van der Waals surface area contributed by atoms with Gasteiger partial charge in [-0.25, -0.2) is 0 Å². The van der Waals surface area contributed by atoms with Gasteiger partial charge in [0, 0.05) is 22.7 Å². The quantitative estimate of drug-likeness (QED) is 0.169. The second kappa shape index (κ2) is 13.1. The van der Waals surface area contributed by atoms with E-state index in [2.05, 4.69) is 204 Å². The number of nitrogens with zero attached hydrogens (tertiary/aromatic N) is 2. The summed E-state index contributed by atoms with van der Waals surface area (Å²) in [5, 5.41) is 0. The smallest absolute Gasteiger partial charge is 0.196 e. The summed E-state index contributed by atoms with van der Waals surface area (Å²) in [6, 6.07) is 77.2. The lowest BCUT2D eigenvalue weighted by Crippen LogP contribution is -2.26. The van der Waals surface area contributed by atoms with E-state index < -0.39 is 5.41 Å². The van der Waals surface area contributed by atoms with Crippen molar-refractivity contribution in [1.82, 2.24) is 0 Å². The summed E-state index contributed by atoms with van der Waals surface area (Å²) >= 11 is 0. The van der Waals surface area contributed by atoms with E-state index in [-0.39, 0.29) is 0 Å². The first-order valence-electron chi connectivity index (χ1n) is 20.1. The SMILES string of the molecule is c1ccc(N(c2ccccc2)c2ccc(N(c3ccccc3)c3ccccc3)c3c2Oc2cc4c(cc2O3)C2(c3ccccc3-c3ccccc32)c2ccccc2-4)cc1. The van der Waals surface area contributed by atoms with Crippen molar-refractivity contribution < 1.29 is 9.47 Å². The van der Waals surface area contributed by atoms with Crippen molar-refractivity contribution in [2.75, 3.05) is 9.80 Å². The van der Waals surface area contributed by atoms with Crippen LogP contribution in [0.5, 0.6) is 23.0 Å². The number of benzene rings is 9. The van der Waals surface area contributed by atoms with Gasteiger partial charge in [-0.1, -0.05) is 146 Å². The highest BCUT2D eigenvalue weighted by molar-refractivity contribution is 5.97. The summed E-state index contributed by atoms with van der Waals surface area (Å²) in [5.41, 5.74) is 15.2. The Labute approximate surface area is 343 Å².